The van der Waals surface area contributed by atoms with Gasteiger partial charge < -0.3 is 10.1 Å². The Morgan fingerprint density at radius 3 is 2.59 bits per heavy atom. The van der Waals surface area contributed by atoms with E-state index in [0.29, 0.717) is 30.7 Å². The zero-order valence-electron chi connectivity index (χ0n) is 10.5. The standard InChI is InChI=1S/C13H19F2NO/c1-4-16-11(7-8-17-3)10-6-5-9(2)12(14)13(10)15/h5-6,11,16H,4,7-8H2,1-3H3. The van der Waals surface area contributed by atoms with Gasteiger partial charge in [-0.05, 0) is 25.5 Å². The Morgan fingerprint density at radius 1 is 1.29 bits per heavy atom. The SMILES string of the molecule is CCNC(CCOC)c1ccc(C)c(F)c1F. The molecule has 96 valence electrons. The van der Waals surface area contributed by atoms with Crippen LogP contribution in [0.1, 0.15) is 30.5 Å². The Balaban J connectivity index is 2.97. The molecular formula is C13H19F2NO. The second-order valence-corrected chi connectivity index (χ2v) is 3.99. The number of nitrogens with one attached hydrogen (secondary N) is 1. The number of hydrogen-bond donors (Lipinski definition) is 1. The van der Waals surface area contributed by atoms with Gasteiger partial charge in [0.2, 0.25) is 0 Å². The molecule has 4 heteroatoms. The second-order valence-electron chi connectivity index (χ2n) is 3.99. The first-order valence-electron chi connectivity index (χ1n) is 5.78. The van der Waals surface area contributed by atoms with Gasteiger partial charge in [0.05, 0.1) is 0 Å². The predicted molar refractivity (Wildman–Crippen MR) is 64.0 cm³/mol. The van der Waals surface area contributed by atoms with Crippen molar-refractivity contribution >= 4 is 0 Å². The number of methoxy groups -OCH3 is 1. The molecule has 0 amide bonds. The Morgan fingerprint density at radius 2 is 2.00 bits per heavy atom. The summed E-state index contributed by atoms with van der Waals surface area (Å²) < 4.78 is 32.3. The van der Waals surface area contributed by atoms with Crippen molar-refractivity contribution in [3.05, 3.63) is 34.9 Å². The number of hydrogen-bond acceptors (Lipinski definition) is 2. The average molecular weight is 243 g/mol. The Kier molecular flexibility index (Phi) is 5.51. The van der Waals surface area contributed by atoms with Gasteiger partial charge in [-0.25, -0.2) is 8.78 Å². The van der Waals surface area contributed by atoms with E-state index in [1.54, 1.807) is 26.2 Å². The molecule has 17 heavy (non-hydrogen) atoms. The van der Waals surface area contributed by atoms with Gasteiger partial charge in [0.25, 0.3) is 0 Å². The van der Waals surface area contributed by atoms with E-state index < -0.39 is 11.6 Å². The van der Waals surface area contributed by atoms with Crippen molar-refractivity contribution in [2.24, 2.45) is 0 Å². The molecule has 1 unspecified atom stereocenters. The molecule has 0 saturated carbocycles. The minimum absolute atomic E-state index is 0.213. The van der Waals surface area contributed by atoms with Crippen molar-refractivity contribution in [2.45, 2.75) is 26.3 Å². The summed E-state index contributed by atoms with van der Waals surface area (Å²) in [7, 11) is 1.59. The van der Waals surface area contributed by atoms with Gasteiger partial charge in [0, 0.05) is 25.3 Å². The molecule has 0 aliphatic heterocycles. The summed E-state index contributed by atoms with van der Waals surface area (Å²) in [4.78, 5) is 0. The van der Waals surface area contributed by atoms with Crippen LogP contribution in [-0.4, -0.2) is 20.3 Å². The summed E-state index contributed by atoms with van der Waals surface area (Å²) >= 11 is 0. The Hall–Kier alpha value is -1.00. The Bertz CT molecular complexity index is 369. The van der Waals surface area contributed by atoms with Crippen LogP contribution in [0.5, 0.6) is 0 Å². The van der Waals surface area contributed by atoms with Crippen LogP contribution in [0.4, 0.5) is 8.78 Å². The van der Waals surface area contributed by atoms with E-state index in [-0.39, 0.29) is 6.04 Å². The molecule has 0 spiro atoms. The first kappa shape index (κ1) is 14.1. The van der Waals surface area contributed by atoms with Crippen molar-refractivity contribution in [1.82, 2.24) is 5.32 Å². The van der Waals surface area contributed by atoms with Crippen molar-refractivity contribution in [3.63, 3.8) is 0 Å². The molecule has 1 aromatic carbocycles. The van der Waals surface area contributed by atoms with Crippen LogP contribution in [0, 0.1) is 18.6 Å². The van der Waals surface area contributed by atoms with E-state index in [4.69, 9.17) is 4.74 Å². The molecule has 1 aromatic rings. The fourth-order valence-corrected chi connectivity index (χ4v) is 1.78. The lowest BCUT2D eigenvalue weighted by Crippen LogP contribution is -2.23. The maximum absolute atomic E-state index is 13.8. The summed E-state index contributed by atoms with van der Waals surface area (Å²) in [6, 6.07) is 3.02. The van der Waals surface area contributed by atoms with Gasteiger partial charge in [0.1, 0.15) is 0 Å². The molecule has 0 heterocycles. The van der Waals surface area contributed by atoms with Crippen LogP contribution in [0.25, 0.3) is 0 Å². The van der Waals surface area contributed by atoms with Crippen LogP contribution in [0.15, 0.2) is 12.1 Å². The van der Waals surface area contributed by atoms with Gasteiger partial charge in [0.15, 0.2) is 11.6 Å². The summed E-state index contributed by atoms with van der Waals surface area (Å²) in [6.07, 6.45) is 0.615. The minimum atomic E-state index is -0.761. The maximum atomic E-state index is 13.8. The highest BCUT2D eigenvalue weighted by Crippen LogP contribution is 2.23. The number of halogens is 2. The highest BCUT2D eigenvalue weighted by Gasteiger charge is 2.18. The molecule has 0 saturated heterocycles. The summed E-state index contributed by atoms with van der Waals surface area (Å²) in [5.74, 6) is -1.52. The highest BCUT2D eigenvalue weighted by molar-refractivity contribution is 5.27. The third-order valence-corrected chi connectivity index (χ3v) is 2.74. The van der Waals surface area contributed by atoms with Gasteiger partial charge in [-0.3, -0.25) is 0 Å². The van der Waals surface area contributed by atoms with Crippen molar-refractivity contribution in [3.8, 4) is 0 Å². The summed E-state index contributed by atoms with van der Waals surface area (Å²) in [6.45, 7) is 4.69. The number of benzene rings is 1. The van der Waals surface area contributed by atoms with Crippen molar-refractivity contribution in [1.29, 1.82) is 0 Å². The molecule has 0 aliphatic rings. The van der Waals surface area contributed by atoms with E-state index in [1.807, 2.05) is 6.92 Å². The smallest absolute Gasteiger partial charge is 0.163 e. The van der Waals surface area contributed by atoms with Crippen molar-refractivity contribution < 1.29 is 13.5 Å². The van der Waals surface area contributed by atoms with Gasteiger partial charge in [-0.2, -0.15) is 0 Å². The molecule has 1 rings (SSSR count). The average Bonchev–Trinajstić information content (AvgIpc) is 2.32. The molecule has 1 atom stereocenters. The van der Waals surface area contributed by atoms with Crippen LogP contribution < -0.4 is 5.32 Å². The van der Waals surface area contributed by atoms with Crippen LogP contribution >= 0.6 is 0 Å². The molecule has 1 N–H and O–H groups in total. The van der Waals surface area contributed by atoms with Gasteiger partial charge in [-0.1, -0.05) is 19.1 Å². The largest absolute Gasteiger partial charge is 0.385 e. The van der Waals surface area contributed by atoms with E-state index in [2.05, 4.69) is 5.32 Å². The molecule has 0 aliphatic carbocycles. The zero-order chi connectivity index (χ0) is 12.8. The normalized spacial score (nSPS) is 12.8. The second kappa shape index (κ2) is 6.67. The molecule has 0 bridgehead atoms. The van der Waals surface area contributed by atoms with E-state index in [1.165, 1.54) is 0 Å². The summed E-state index contributed by atoms with van der Waals surface area (Å²) in [5.41, 5.74) is 0.695. The topological polar surface area (TPSA) is 21.3 Å². The lowest BCUT2D eigenvalue weighted by atomic mass is 10.0. The maximum Gasteiger partial charge on any atom is 0.163 e. The lowest BCUT2D eigenvalue weighted by molar-refractivity contribution is 0.182. The van der Waals surface area contributed by atoms with E-state index in [9.17, 15) is 8.78 Å². The van der Waals surface area contributed by atoms with E-state index in [0.717, 1.165) is 0 Å². The highest BCUT2D eigenvalue weighted by atomic mass is 19.2. The zero-order valence-corrected chi connectivity index (χ0v) is 10.5. The van der Waals surface area contributed by atoms with Crippen LogP contribution in [0.2, 0.25) is 0 Å². The predicted octanol–water partition coefficient (Wildman–Crippen LogP) is 2.96. The quantitative estimate of drug-likeness (QED) is 0.829. The molecule has 0 aromatic heterocycles. The first-order chi connectivity index (χ1) is 8.11. The van der Waals surface area contributed by atoms with Gasteiger partial charge >= 0.3 is 0 Å². The van der Waals surface area contributed by atoms with Crippen LogP contribution in [0.3, 0.4) is 0 Å². The monoisotopic (exact) mass is 243 g/mol. The number of rotatable bonds is 6. The first-order valence-corrected chi connectivity index (χ1v) is 5.78. The molecule has 2 nitrogen and oxygen atoms in total. The molecular weight excluding hydrogens is 224 g/mol. The minimum Gasteiger partial charge on any atom is -0.385 e. The molecule has 0 radical (unpaired) electrons. The fraction of sp³-hybridized carbons (Fsp3) is 0.538. The summed E-state index contributed by atoms with van der Waals surface area (Å²) in [5, 5.41) is 3.13. The number of aryl methyl sites for hydroxylation is 1. The molecule has 0 fully saturated rings. The Labute approximate surface area is 101 Å². The fourth-order valence-electron chi connectivity index (χ4n) is 1.78. The van der Waals surface area contributed by atoms with Gasteiger partial charge in [-0.15, -0.1) is 0 Å². The van der Waals surface area contributed by atoms with Crippen molar-refractivity contribution in [2.75, 3.05) is 20.3 Å². The third-order valence-electron chi connectivity index (χ3n) is 2.74. The van der Waals surface area contributed by atoms with Crippen LogP contribution in [-0.2, 0) is 4.74 Å². The van der Waals surface area contributed by atoms with E-state index >= 15 is 0 Å². The lowest BCUT2D eigenvalue weighted by Gasteiger charge is -2.19. The third kappa shape index (κ3) is 3.48. The number of ether oxygens (including phenoxy) is 1.